The van der Waals surface area contributed by atoms with Crippen LogP contribution in [0.4, 0.5) is 0 Å². The quantitative estimate of drug-likeness (QED) is 0.513. The molecule has 0 nitrogen and oxygen atoms in total. The second kappa shape index (κ2) is 5.99. The molecule has 1 heterocycles. The average Bonchev–Trinajstić information content (AvgIpc) is 2.30. The van der Waals surface area contributed by atoms with Crippen LogP contribution in [0.5, 0.6) is 0 Å². The Labute approximate surface area is 128 Å². The predicted octanol–water partition coefficient (Wildman–Crippen LogP) is 1.69. The molecule has 2 rings (SSSR count). The summed E-state index contributed by atoms with van der Waals surface area (Å²) in [6.45, 7) is 0. The van der Waals surface area contributed by atoms with Gasteiger partial charge in [-0.1, -0.05) is 24.2 Å². The number of thiophene rings is 1. The zero-order chi connectivity index (χ0) is 7.84. The minimum absolute atomic E-state index is 0. The second-order valence-corrected chi connectivity index (χ2v) is 3.17. The Bertz CT molecular complexity index is 404. The molecule has 0 amide bonds. The number of fused-ring (bicyclic) bond motifs is 1. The van der Waals surface area contributed by atoms with Crippen molar-refractivity contribution in [2.24, 2.45) is 0 Å². The van der Waals surface area contributed by atoms with Gasteiger partial charge in [0.15, 0.2) is 0 Å². The van der Waals surface area contributed by atoms with Gasteiger partial charge in [0.05, 0.1) is 1.37 Å². The fraction of sp³-hybridized carbons (Fsp3) is 0. The fourth-order valence-corrected chi connectivity index (χ4v) is 1.71. The van der Waals surface area contributed by atoms with Crippen molar-refractivity contribution in [2.45, 2.75) is 0 Å². The van der Waals surface area contributed by atoms with Crippen molar-refractivity contribution in [1.82, 2.24) is 0 Å². The fourth-order valence-electron chi connectivity index (χ4n) is 0.936. The van der Waals surface area contributed by atoms with E-state index in [1.807, 2.05) is 24.3 Å². The SMILES string of the molecule is [2H]c1c([B])sc2ccccc12.[U].[Y]. The molecule has 0 aliphatic rings. The molecule has 0 saturated heterocycles. The molecule has 0 unspecified atom stereocenters. The second-order valence-electron chi connectivity index (χ2n) is 2.09. The third-order valence-electron chi connectivity index (χ3n) is 1.36. The molecule has 4 heteroatoms. The van der Waals surface area contributed by atoms with E-state index in [9.17, 15) is 0 Å². The normalized spacial score (nSPS) is 9.83. The molecule has 0 spiro atoms. The van der Waals surface area contributed by atoms with Crippen LogP contribution in [-0.4, -0.2) is 7.85 Å². The first-order valence-corrected chi connectivity index (χ1v) is 3.84. The van der Waals surface area contributed by atoms with Crippen LogP contribution in [-0.2, 0) is 32.7 Å². The summed E-state index contributed by atoms with van der Waals surface area (Å²) in [6.07, 6.45) is 0. The molecule has 0 aliphatic heterocycles. The van der Waals surface area contributed by atoms with Gasteiger partial charge in [0.2, 0.25) is 0 Å². The van der Waals surface area contributed by atoms with E-state index >= 15 is 0 Å². The molecule has 12 heavy (non-hydrogen) atoms. The third-order valence-corrected chi connectivity index (χ3v) is 2.26. The largest absolute Gasteiger partial charge is 0.152 e. The summed E-state index contributed by atoms with van der Waals surface area (Å²) >= 11 is 1.47. The summed E-state index contributed by atoms with van der Waals surface area (Å²) in [5.41, 5.74) is 0. The van der Waals surface area contributed by atoms with Gasteiger partial charge in [0.25, 0.3) is 0 Å². The zero-order valence-corrected chi connectivity index (χ0v) is 14.2. The van der Waals surface area contributed by atoms with Crippen LogP contribution in [0, 0.1) is 31.1 Å². The molecular formula is C8H5BSUY. The standard InChI is InChI=1S/C8H5BS.U.Y/c9-8-5-6-3-1-2-4-7(6)10-8;;/h1-5H;;/i5D;;. The van der Waals surface area contributed by atoms with E-state index in [2.05, 4.69) is 0 Å². The number of hydrogen-bond acceptors (Lipinski definition) is 1. The summed E-state index contributed by atoms with van der Waals surface area (Å²) < 4.78 is 9.25. The van der Waals surface area contributed by atoms with Crippen molar-refractivity contribution in [2.75, 3.05) is 0 Å². The van der Waals surface area contributed by atoms with Crippen LogP contribution in [0.2, 0.25) is 0 Å². The molecule has 0 saturated carbocycles. The summed E-state index contributed by atoms with van der Waals surface area (Å²) in [5.74, 6) is 0. The average molecular weight is 472 g/mol. The van der Waals surface area contributed by atoms with E-state index in [0.717, 1.165) is 10.1 Å². The number of benzene rings is 1. The van der Waals surface area contributed by atoms with Crippen molar-refractivity contribution in [3.63, 3.8) is 0 Å². The van der Waals surface area contributed by atoms with Gasteiger partial charge < -0.3 is 0 Å². The van der Waals surface area contributed by atoms with Crippen LogP contribution < -0.4 is 4.78 Å². The first-order valence-electron chi connectivity index (χ1n) is 3.52. The molecule has 1 aromatic heterocycles. The first kappa shape index (κ1) is 11.5. The zero-order valence-electron chi connectivity index (χ0n) is 7.37. The van der Waals surface area contributed by atoms with Crippen LogP contribution in [0.15, 0.2) is 30.3 Å². The van der Waals surface area contributed by atoms with E-state index in [0.29, 0.717) is 10.8 Å². The van der Waals surface area contributed by atoms with Gasteiger partial charge in [0, 0.05) is 68.5 Å². The molecule has 3 radical (unpaired) electrons. The van der Waals surface area contributed by atoms with Crippen LogP contribution >= 0.6 is 11.3 Å². The molecule has 0 N–H and O–H groups in total. The van der Waals surface area contributed by atoms with Crippen LogP contribution in [0.3, 0.4) is 0 Å². The first-order chi connectivity index (χ1) is 5.29. The smallest absolute Gasteiger partial charge is 0.128 e. The van der Waals surface area contributed by atoms with Gasteiger partial charge in [-0.2, -0.15) is 11.3 Å². The molecule has 0 aliphatic carbocycles. The van der Waals surface area contributed by atoms with Crippen molar-refractivity contribution < 1.29 is 65.2 Å². The Morgan fingerprint density at radius 1 is 1.33 bits per heavy atom. The summed E-state index contributed by atoms with van der Waals surface area (Å²) in [4.78, 5) is 0. The molecule has 0 atom stereocenters. The van der Waals surface area contributed by atoms with Gasteiger partial charge in [-0.15, -0.1) is 0 Å². The summed E-state index contributed by atoms with van der Waals surface area (Å²) in [7, 11) is 5.58. The molecule has 0 fully saturated rings. The van der Waals surface area contributed by atoms with Crippen molar-refractivity contribution in [3.8, 4) is 0 Å². The van der Waals surface area contributed by atoms with E-state index < -0.39 is 0 Å². The maximum Gasteiger partial charge on any atom is 0.128 e. The molecule has 53 valence electrons. The molecule has 0 bridgehead atoms. The van der Waals surface area contributed by atoms with Crippen LogP contribution in [0.25, 0.3) is 10.1 Å². The monoisotopic (exact) mass is 472 g/mol. The van der Waals surface area contributed by atoms with Gasteiger partial charge >= 0.3 is 0 Å². The van der Waals surface area contributed by atoms with Gasteiger partial charge in [-0.3, -0.25) is 0 Å². The van der Waals surface area contributed by atoms with Crippen LogP contribution in [0.1, 0.15) is 1.37 Å². The van der Waals surface area contributed by atoms with E-state index in [1.54, 1.807) is 0 Å². The maximum atomic E-state index is 7.55. The Balaban J connectivity index is 0.000000720. The molecule has 1 aromatic carbocycles. The van der Waals surface area contributed by atoms with E-state index in [4.69, 9.17) is 9.22 Å². The Hall–Kier alpha value is 1.40. The molecular weight excluding hydrogens is 466 g/mol. The van der Waals surface area contributed by atoms with Crippen molar-refractivity contribution in [3.05, 3.63) is 30.3 Å². The minimum atomic E-state index is 0. The molecule has 2 aromatic rings. The Kier molecular flexibility index (Phi) is 5.73. The van der Waals surface area contributed by atoms with Crippen molar-refractivity contribution in [1.29, 1.82) is 0 Å². The van der Waals surface area contributed by atoms with Crippen molar-refractivity contribution >= 4 is 34.0 Å². The topological polar surface area (TPSA) is 0 Å². The summed E-state index contributed by atoms with van der Waals surface area (Å²) in [5, 5.41) is 0.954. The predicted molar refractivity (Wildman–Crippen MR) is 47.2 cm³/mol. The van der Waals surface area contributed by atoms with Gasteiger partial charge in [-0.25, -0.2) is 0 Å². The third kappa shape index (κ3) is 2.96. The maximum absolute atomic E-state index is 7.55. The van der Waals surface area contributed by atoms with E-state index in [-0.39, 0.29) is 63.8 Å². The van der Waals surface area contributed by atoms with Gasteiger partial charge in [0.1, 0.15) is 7.85 Å². The minimum Gasteiger partial charge on any atom is -0.152 e. The number of rotatable bonds is 0. The Morgan fingerprint density at radius 2 is 2.00 bits per heavy atom. The Morgan fingerprint density at radius 3 is 2.67 bits per heavy atom. The number of hydrogen-bond donors (Lipinski definition) is 0. The van der Waals surface area contributed by atoms with E-state index in [1.165, 1.54) is 11.3 Å². The summed E-state index contributed by atoms with van der Waals surface area (Å²) in [6, 6.07) is 8.24. The van der Waals surface area contributed by atoms with Gasteiger partial charge in [-0.05, 0) is 16.2 Å².